The molecule has 2 amide bonds. The van der Waals surface area contributed by atoms with Gasteiger partial charge in [-0.15, -0.1) is 0 Å². The SMILES string of the molecule is COc1cc(C(=O)N2CCN(C[C@@H]3CN(C(=O)c4cccc(F)c4)CCO3)CC2)cc(OC)c1OC. The molecule has 1 atom stereocenters. The summed E-state index contributed by atoms with van der Waals surface area (Å²) in [4.78, 5) is 31.7. The maximum Gasteiger partial charge on any atom is 0.254 e. The van der Waals surface area contributed by atoms with E-state index in [0.29, 0.717) is 80.8 Å². The molecule has 0 spiro atoms. The number of methoxy groups -OCH3 is 3. The Morgan fingerprint density at radius 1 is 0.889 bits per heavy atom. The summed E-state index contributed by atoms with van der Waals surface area (Å²) in [7, 11) is 4.56. The molecular formula is C26H32FN3O6. The van der Waals surface area contributed by atoms with Gasteiger partial charge in [-0.25, -0.2) is 4.39 Å². The number of ether oxygens (including phenoxy) is 4. The lowest BCUT2D eigenvalue weighted by atomic mass is 10.1. The minimum atomic E-state index is -0.426. The lowest BCUT2D eigenvalue weighted by Gasteiger charge is -2.39. The quantitative estimate of drug-likeness (QED) is 0.575. The van der Waals surface area contributed by atoms with Crippen LogP contribution in [0.4, 0.5) is 4.39 Å². The summed E-state index contributed by atoms with van der Waals surface area (Å²) in [6, 6.07) is 9.08. The highest BCUT2D eigenvalue weighted by molar-refractivity contribution is 5.96. The number of hydrogen-bond acceptors (Lipinski definition) is 7. The Labute approximate surface area is 210 Å². The lowest BCUT2D eigenvalue weighted by molar-refractivity contribution is -0.0400. The normalized spacial score (nSPS) is 18.6. The van der Waals surface area contributed by atoms with Gasteiger partial charge in [0, 0.05) is 56.9 Å². The van der Waals surface area contributed by atoms with E-state index in [0.717, 1.165) is 0 Å². The summed E-state index contributed by atoms with van der Waals surface area (Å²) in [6.07, 6.45) is -0.145. The van der Waals surface area contributed by atoms with Crippen LogP contribution in [0.1, 0.15) is 20.7 Å². The van der Waals surface area contributed by atoms with Crippen molar-refractivity contribution in [1.82, 2.24) is 14.7 Å². The van der Waals surface area contributed by atoms with Crippen LogP contribution in [0.2, 0.25) is 0 Å². The minimum Gasteiger partial charge on any atom is -0.493 e. The summed E-state index contributed by atoms with van der Waals surface area (Å²) in [6.45, 7) is 4.51. The molecule has 36 heavy (non-hydrogen) atoms. The number of benzene rings is 2. The van der Waals surface area contributed by atoms with Gasteiger partial charge >= 0.3 is 0 Å². The molecule has 0 radical (unpaired) electrons. The molecule has 2 aliphatic heterocycles. The summed E-state index contributed by atoms with van der Waals surface area (Å²) in [5.74, 6) is 0.595. The van der Waals surface area contributed by atoms with Crippen molar-refractivity contribution in [3.05, 3.63) is 53.3 Å². The van der Waals surface area contributed by atoms with Gasteiger partial charge in [0.15, 0.2) is 11.5 Å². The predicted octanol–water partition coefficient (Wildman–Crippen LogP) is 2.15. The van der Waals surface area contributed by atoms with Crippen LogP contribution in [0.3, 0.4) is 0 Å². The fraction of sp³-hybridized carbons (Fsp3) is 0.462. The van der Waals surface area contributed by atoms with Crippen LogP contribution in [-0.4, -0.2) is 106 Å². The van der Waals surface area contributed by atoms with Gasteiger partial charge in [-0.05, 0) is 30.3 Å². The summed E-state index contributed by atoms with van der Waals surface area (Å²) in [5, 5.41) is 0. The van der Waals surface area contributed by atoms with Crippen LogP contribution < -0.4 is 14.2 Å². The van der Waals surface area contributed by atoms with E-state index in [9.17, 15) is 14.0 Å². The van der Waals surface area contributed by atoms with E-state index in [1.807, 2.05) is 0 Å². The zero-order valence-corrected chi connectivity index (χ0v) is 20.9. The standard InChI is InChI=1S/C26H32FN3O6/c1-33-22-14-19(15-23(34-2)24(22)35-3)26(32)29-9-7-28(8-10-29)16-21-17-30(11-12-36-21)25(31)18-5-4-6-20(27)13-18/h4-6,13-15,21H,7-12,16-17H2,1-3H3/t21-/m1/s1. The molecule has 2 fully saturated rings. The maximum atomic E-state index is 13.5. The van der Waals surface area contributed by atoms with E-state index in [4.69, 9.17) is 18.9 Å². The van der Waals surface area contributed by atoms with E-state index in [-0.39, 0.29) is 17.9 Å². The van der Waals surface area contributed by atoms with E-state index < -0.39 is 5.82 Å². The molecule has 0 unspecified atom stereocenters. The second-order valence-electron chi connectivity index (χ2n) is 8.76. The first-order valence-corrected chi connectivity index (χ1v) is 11.9. The number of carbonyl (C=O) groups excluding carboxylic acids is 2. The number of piperazine rings is 1. The van der Waals surface area contributed by atoms with Crippen LogP contribution in [-0.2, 0) is 4.74 Å². The van der Waals surface area contributed by atoms with E-state index >= 15 is 0 Å². The number of nitrogens with zero attached hydrogens (tertiary/aromatic N) is 3. The molecule has 0 saturated carbocycles. The van der Waals surface area contributed by atoms with E-state index in [1.165, 1.54) is 33.5 Å². The third-order valence-corrected chi connectivity index (χ3v) is 6.53. The second-order valence-corrected chi connectivity index (χ2v) is 8.76. The maximum absolute atomic E-state index is 13.5. The van der Waals surface area contributed by atoms with Crippen molar-refractivity contribution in [3.8, 4) is 17.2 Å². The van der Waals surface area contributed by atoms with E-state index in [2.05, 4.69) is 4.90 Å². The van der Waals surface area contributed by atoms with Gasteiger partial charge in [0.2, 0.25) is 5.75 Å². The first-order chi connectivity index (χ1) is 17.4. The number of amides is 2. The van der Waals surface area contributed by atoms with Crippen LogP contribution >= 0.6 is 0 Å². The predicted molar refractivity (Wildman–Crippen MR) is 130 cm³/mol. The van der Waals surface area contributed by atoms with Gasteiger partial charge in [0.05, 0.1) is 34.0 Å². The first-order valence-electron chi connectivity index (χ1n) is 11.9. The van der Waals surface area contributed by atoms with Crippen LogP contribution in [0.25, 0.3) is 0 Å². The fourth-order valence-electron chi connectivity index (χ4n) is 4.63. The number of hydrogen-bond donors (Lipinski definition) is 0. The molecule has 2 heterocycles. The number of carbonyl (C=O) groups is 2. The molecule has 0 N–H and O–H groups in total. The third kappa shape index (κ3) is 5.71. The summed E-state index contributed by atoms with van der Waals surface area (Å²) in [5.41, 5.74) is 0.814. The highest BCUT2D eigenvalue weighted by Gasteiger charge is 2.29. The highest BCUT2D eigenvalue weighted by Crippen LogP contribution is 2.38. The molecule has 2 aliphatic rings. The molecule has 194 valence electrons. The van der Waals surface area contributed by atoms with Gasteiger partial charge < -0.3 is 28.7 Å². The van der Waals surface area contributed by atoms with Gasteiger partial charge in [-0.2, -0.15) is 0 Å². The average Bonchev–Trinajstić information content (AvgIpc) is 2.92. The Bertz CT molecular complexity index is 1060. The molecule has 4 rings (SSSR count). The number of morpholine rings is 1. The second kappa shape index (κ2) is 11.6. The Morgan fingerprint density at radius 2 is 1.56 bits per heavy atom. The molecule has 10 heteroatoms. The Kier molecular flexibility index (Phi) is 8.27. The fourth-order valence-corrected chi connectivity index (χ4v) is 4.63. The molecule has 2 saturated heterocycles. The van der Waals surface area contributed by atoms with Crippen molar-refractivity contribution in [1.29, 1.82) is 0 Å². The molecule has 0 bridgehead atoms. The van der Waals surface area contributed by atoms with Crippen LogP contribution in [0.5, 0.6) is 17.2 Å². The van der Waals surface area contributed by atoms with Crippen molar-refractivity contribution >= 4 is 11.8 Å². The third-order valence-electron chi connectivity index (χ3n) is 6.53. The number of halogens is 1. The minimum absolute atomic E-state index is 0.102. The van der Waals surface area contributed by atoms with Crippen molar-refractivity contribution in [2.45, 2.75) is 6.10 Å². The molecule has 9 nitrogen and oxygen atoms in total. The molecule has 0 aliphatic carbocycles. The van der Waals surface area contributed by atoms with Gasteiger partial charge in [-0.3, -0.25) is 14.5 Å². The number of rotatable bonds is 7. The monoisotopic (exact) mass is 501 g/mol. The lowest BCUT2D eigenvalue weighted by Crippen LogP contribution is -2.54. The van der Waals surface area contributed by atoms with Crippen molar-refractivity contribution in [3.63, 3.8) is 0 Å². The molecule has 2 aromatic rings. The summed E-state index contributed by atoms with van der Waals surface area (Å²) >= 11 is 0. The van der Waals surface area contributed by atoms with E-state index in [1.54, 1.807) is 34.1 Å². The Hall–Kier alpha value is -3.37. The van der Waals surface area contributed by atoms with Crippen LogP contribution in [0.15, 0.2) is 36.4 Å². The molecule has 2 aromatic carbocycles. The van der Waals surface area contributed by atoms with Gasteiger partial charge in [0.25, 0.3) is 11.8 Å². The topological polar surface area (TPSA) is 80.8 Å². The Morgan fingerprint density at radius 3 is 2.17 bits per heavy atom. The van der Waals surface area contributed by atoms with Gasteiger partial charge in [-0.1, -0.05) is 6.07 Å². The summed E-state index contributed by atoms with van der Waals surface area (Å²) < 4.78 is 35.5. The average molecular weight is 502 g/mol. The first kappa shape index (κ1) is 25.7. The van der Waals surface area contributed by atoms with Crippen LogP contribution in [0, 0.1) is 5.82 Å². The Balaban J connectivity index is 1.32. The zero-order chi connectivity index (χ0) is 25.7. The van der Waals surface area contributed by atoms with Crippen molar-refractivity contribution in [2.75, 3.05) is 73.7 Å². The zero-order valence-electron chi connectivity index (χ0n) is 20.9. The van der Waals surface area contributed by atoms with Crippen molar-refractivity contribution < 1.29 is 32.9 Å². The molecular weight excluding hydrogens is 469 g/mol. The highest BCUT2D eigenvalue weighted by atomic mass is 19.1. The van der Waals surface area contributed by atoms with Crippen molar-refractivity contribution in [2.24, 2.45) is 0 Å². The largest absolute Gasteiger partial charge is 0.493 e. The smallest absolute Gasteiger partial charge is 0.254 e. The van der Waals surface area contributed by atoms with Gasteiger partial charge in [0.1, 0.15) is 5.82 Å². The molecule has 0 aromatic heterocycles.